The van der Waals surface area contributed by atoms with Crippen molar-refractivity contribution in [3.05, 3.63) is 71.4 Å². The summed E-state index contributed by atoms with van der Waals surface area (Å²) >= 11 is 6.42. The van der Waals surface area contributed by atoms with Crippen LogP contribution in [0.2, 0.25) is 5.02 Å². The normalized spacial score (nSPS) is 15.2. The SMILES string of the molecule is O=C(NCCN1CCOCC1)c1cccc(-n2ncc3cc(Nc4c(Cl)ccc5c4OCO5)ccc32)c1. The average molecular weight is 520 g/mol. The second-order valence-corrected chi connectivity index (χ2v) is 9.28. The molecule has 9 nitrogen and oxygen atoms in total. The van der Waals surface area contributed by atoms with Gasteiger partial charge < -0.3 is 24.8 Å². The van der Waals surface area contributed by atoms with Crippen molar-refractivity contribution < 1.29 is 19.0 Å². The number of morpholine rings is 1. The van der Waals surface area contributed by atoms with Gasteiger partial charge >= 0.3 is 0 Å². The molecule has 1 amide bonds. The Hall–Kier alpha value is -3.79. The summed E-state index contributed by atoms with van der Waals surface area (Å²) in [5.41, 5.74) is 3.82. The van der Waals surface area contributed by atoms with Crippen molar-refractivity contribution >= 4 is 39.8 Å². The van der Waals surface area contributed by atoms with Gasteiger partial charge in [0.15, 0.2) is 11.5 Å². The molecule has 6 rings (SSSR count). The fraction of sp³-hybridized carbons (Fsp3) is 0.259. The molecule has 1 fully saturated rings. The summed E-state index contributed by atoms with van der Waals surface area (Å²) in [6, 6.07) is 17.0. The van der Waals surface area contributed by atoms with Gasteiger partial charge in [-0.25, -0.2) is 4.68 Å². The van der Waals surface area contributed by atoms with Gasteiger partial charge in [0.05, 0.1) is 35.6 Å². The fourth-order valence-corrected chi connectivity index (χ4v) is 4.75. The molecule has 0 bridgehead atoms. The van der Waals surface area contributed by atoms with Gasteiger partial charge in [-0.3, -0.25) is 9.69 Å². The molecule has 3 heterocycles. The van der Waals surface area contributed by atoms with Crippen LogP contribution in [0.4, 0.5) is 11.4 Å². The molecular formula is C27H26ClN5O4. The first-order chi connectivity index (χ1) is 18.2. The molecule has 2 N–H and O–H groups in total. The molecule has 0 aliphatic carbocycles. The summed E-state index contributed by atoms with van der Waals surface area (Å²) in [4.78, 5) is 15.1. The van der Waals surface area contributed by atoms with Crippen molar-refractivity contribution in [3.63, 3.8) is 0 Å². The van der Waals surface area contributed by atoms with Gasteiger partial charge in [-0.2, -0.15) is 5.10 Å². The zero-order valence-electron chi connectivity index (χ0n) is 20.1. The first kappa shape index (κ1) is 23.6. The van der Waals surface area contributed by atoms with Crippen molar-refractivity contribution in [3.8, 4) is 17.2 Å². The molecule has 3 aromatic carbocycles. The first-order valence-corrected chi connectivity index (χ1v) is 12.6. The van der Waals surface area contributed by atoms with E-state index < -0.39 is 0 Å². The quantitative estimate of drug-likeness (QED) is 0.378. The Bertz CT molecular complexity index is 1450. The minimum Gasteiger partial charge on any atom is -0.454 e. The highest BCUT2D eigenvalue weighted by Gasteiger charge is 2.21. The predicted octanol–water partition coefficient (Wildman–Crippen LogP) is 4.21. The van der Waals surface area contributed by atoms with E-state index in [9.17, 15) is 4.79 Å². The van der Waals surface area contributed by atoms with Gasteiger partial charge in [-0.1, -0.05) is 17.7 Å². The zero-order chi connectivity index (χ0) is 25.2. The molecule has 0 unspecified atom stereocenters. The topological polar surface area (TPSA) is 89.9 Å². The predicted molar refractivity (Wildman–Crippen MR) is 142 cm³/mol. The zero-order valence-corrected chi connectivity index (χ0v) is 20.8. The van der Waals surface area contributed by atoms with Gasteiger partial charge in [0.1, 0.15) is 5.69 Å². The van der Waals surface area contributed by atoms with Gasteiger partial charge in [0.2, 0.25) is 6.79 Å². The van der Waals surface area contributed by atoms with Crippen LogP contribution in [-0.4, -0.2) is 66.8 Å². The summed E-state index contributed by atoms with van der Waals surface area (Å²) in [5, 5.41) is 12.4. The molecule has 0 atom stereocenters. The Morgan fingerprint density at radius 1 is 1.05 bits per heavy atom. The molecule has 0 saturated carbocycles. The summed E-state index contributed by atoms with van der Waals surface area (Å²) in [6.45, 7) is 4.87. The van der Waals surface area contributed by atoms with E-state index in [1.54, 1.807) is 18.3 Å². The number of halogens is 1. The number of nitrogens with zero attached hydrogens (tertiary/aromatic N) is 3. The number of carbonyl (C=O) groups excluding carboxylic acids is 1. The number of aromatic nitrogens is 2. The van der Waals surface area contributed by atoms with Gasteiger partial charge in [0, 0.05) is 42.8 Å². The molecule has 2 aliphatic rings. The number of benzene rings is 3. The van der Waals surface area contributed by atoms with Gasteiger partial charge in [-0.15, -0.1) is 0 Å². The Labute approximate surface area is 218 Å². The summed E-state index contributed by atoms with van der Waals surface area (Å²) in [6.07, 6.45) is 1.80. The van der Waals surface area contributed by atoms with Crippen LogP contribution < -0.4 is 20.1 Å². The van der Waals surface area contributed by atoms with Crippen LogP contribution in [0.1, 0.15) is 10.4 Å². The lowest BCUT2D eigenvalue weighted by atomic mass is 10.1. The summed E-state index contributed by atoms with van der Waals surface area (Å²) < 4.78 is 18.3. The van der Waals surface area contributed by atoms with E-state index in [1.807, 2.05) is 47.1 Å². The van der Waals surface area contributed by atoms with E-state index >= 15 is 0 Å². The van der Waals surface area contributed by atoms with E-state index in [-0.39, 0.29) is 12.7 Å². The number of carbonyl (C=O) groups is 1. The second-order valence-electron chi connectivity index (χ2n) is 8.87. The number of hydrogen-bond acceptors (Lipinski definition) is 7. The first-order valence-electron chi connectivity index (χ1n) is 12.2. The third kappa shape index (κ3) is 4.93. The molecule has 4 aromatic rings. The van der Waals surface area contributed by atoms with E-state index in [0.29, 0.717) is 34.3 Å². The summed E-state index contributed by atoms with van der Waals surface area (Å²) in [7, 11) is 0. The number of amides is 1. The molecule has 0 radical (unpaired) electrons. The fourth-order valence-electron chi connectivity index (χ4n) is 4.56. The highest BCUT2D eigenvalue weighted by atomic mass is 35.5. The van der Waals surface area contributed by atoms with Crippen LogP contribution in [0, 0.1) is 0 Å². The number of anilines is 2. The Morgan fingerprint density at radius 2 is 1.95 bits per heavy atom. The third-order valence-corrected chi connectivity index (χ3v) is 6.81. The van der Waals surface area contributed by atoms with Crippen molar-refractivity contribution in [2.75, 3.05) is 51.5 Å². The highest BCUT2D eigenvalue weighted by Crippen LogP contribution is 2.44. The van der Waals surface area contributed by atoms with Crippen LogP contribution in [0.5, 0.6) is 11.5 Å². The van der Waals surface area contributed by atoms with Crippen LogP contribution in [-0.2, 0) is 4.74 Å². The van der Waals surface area contributed by atoms with Crippen molar-refractivity contribution in [2.45, 2.75) is 0 Å². The molecule has 190 valence electrons. The van der Waals surface area contributed by atoms with Crippen LogP contribution in [0.25, 0.3) is 16.6 Å². The maximum absolute atomic E-state index is 12.8. The standard InChI is InChI=1S/C27H26ClN5O4/c28-22-5-7-24-26(37-17-36-24)25(22)31-20-4-6-23-19(14-20)16-30-33(23)21-3-1-2-18(15-21)27(34)29-8-9-32-10-12-35-13-11-32/h1-7,14-16,31H,8-13,17H2,(H,29,34). The molecule has 37 heavy (non-hydrogen) atoms. The lowest BCUT2D eigenvalue weighted by Crippen LogP contribution is -2.41. The van der Waals surface area contributed by atoms with Crippen molar-refractivity contribution in [1.82, 2.24) is 20.0 Å². The van der Waals surface area contributed by atoms with Gasteiger partial charge in [0.25, 0.3) is 5.91 Å². The second kappa shape index (κ2) is 10.3. The molecular weight excluding hydrogens is 494 g/mol. The van der Waals surface area contributed by atoms with E-state index in [2.05, 4.69) is 20.6 Å². The Kier molecular flexibility index (Phi) is 6.57. The van der Waals surface area contributed by atoms with Crippen molar-refractivity contribution in [2.24, 2.45) is 0 Å². The van der Waals surface area contributed by atoms with Crippen LogP contribution in [0.15, 0.2) is 60.8 Å². The Morgan fingerprint density at radius 3 is 2.84 bits per heavy atom. The minimum absolute atomic E-state index is 0.100. The van der Waals surface area contributed by atoms with Crippen LogP contribution >= 0.6 is 11.6 Å². The van der Waals surface area contributed by atoms with Gasteiger partial charge in [-0.05, 0) is 48.5 Å². The minimum atomic E-state index is -0.100. The molecule has 1 aromatic heterocycles. The average Bonchev–Trinajstić information content (AvgIpc) is 3.58. The number of hydrogen-bond donors (Lipinski definition) is 2. The number of rotatable bonds is 7. The van der Waals surface area contributed by atoms with Crippen molar-refractivity contribution in [1.29, 1.82) is 0 Å². The Balaban J connectivity index is 1.18. The highest BCUT2D eigenvalue weighted by molar-refractivity contribution is 6.33. The number of fused-ring (bicyclic) bond motifs is 2. The molecule has 1 saturated heterocycles. The maximum atomic E-state index is 12.8. The molecule has 0 spiro atoms. The number of ether oxygens (including phenoxy) is 3. The summed E-state index contributed by atoms with van der Waals surface area (Å²) in [5.74, 6) is 1.16. The van der Waals surface area contributed by atoms with Crippen LogP contribution in [0.3, 0.4) is 0 Å². The van der Waals surface area contributed by atoms with E-state index in [0.717, 1.165) is 55.1 Å². The molecule has 10 heteroatoms. The lowest BCUT2D eigenvalue weighted by Gasteiger charge is -2.26. The largest absolute Gasteiger partial charge is 0.454 e. The maximum Gasteiger partial charge on any atom is 0.251 e. The lowest BCUT2D eigenvalue weighted by molar-refractivity contribution is 0.0383. The van der Waals surface area contributed by atoms with E-state index in [4.69, 9.17) is 25.8 Å². The smallest absolute Gasteiger partial charge is 0.251 e. The molecule has 2 aliphatic heterocycles. The third-order valence-electron chi connectivity index (χ3n) is 6.50. The monoisotopic (exact) mass is 519 g/mol. The van der Waals surface area contributed by atoms with E-state index in [1.165, 1.54) is 0 Å². The number of nitrogens with one attached hydrogen (secondary N) is 2.